The minimum atomic E-state index is 0.329. The molecule has 0 spiro atoms. The summed E-state index contributed by atoms with van der Waals surface area (Å²) in [6, 6.07) is 0. The first-order chi connectivity index (χ1) is 2.89. The van der Waals surface area contributed by atoms with E-state index in [1.165, 1.54) is 0 Å². The maximum absolute atomic E-state index is 5.06. The van der Waals surface area contributed by atoms with Crippen LogP contribution in [-0.2, 0) is 4.74 Å². The molecule has 2 nitrogen and oxygen atoms in total. The lowest BCUT2D eigenvalue weighted by Crippen LogP contribution is -1.94. The summed E-state index contributed by atoms with van der Waals surface area (Å²) in [6.07, 6.45) is 0. The number of aliphatic imine (C=N–C) groups is 1. The molecule has 6 heavy (non-hydrogen) atoms. The Hall–Kier alpha value is -0.465. The van der Waals surface area contributed by atoms with Crippen molar-refractivity contribution in [1.82, 2.24) is 0 Å². The number of rotatable bonds is 0. The quantitative estimate of drug-likeness (QED) is 0.361. The molecule has 0 amide bonds. The lowest BCUT2D eigenvalue weighted by atomic mass is 10.2. The molecule has 0 N–H and O–H groups in total. The molecule has 1 aliphatic rings. The van der Waals surface area contributed by atoms with Crippen molar-refractivity contribution >= 4 is 13.6 Å². The van der Waals surface area contributed by atoms with Crippen LogP contribution in [0.3, 0.4) is 0 Å². The maximum atomic E-state index is 5.06. The standard InChI is InChI=1S/C3H4BNO/c4-3-5-1-2-6-3/h1-2H2. The van der Waals surface area contributed by atoms with Gasteiger partial charge in [0.15, 0.2) is 7.85 Å². The Morgan fingerprint density at radius 3 is 2.83 bits per heavy atom. The first-order valence-electron chi connectivity index (χ1n) is 1.82. The molecule has 3 heteroatoms. The van der Waals surface area contributed by atoms with Gasteiger partial charge in [-0.3, -0.25) is 4.99 Å². The molecule has 0 saturated carbocycles. The largest absolute Gasteiger partial charge is 0.490 e. The van der Waals surface area contributed by atoms with E-state index in [2.05, 4.69) is 9.73 Å². The van der Waals surface area contributed by atoms with Crippen molar-refractivity contribution in [3.63, 3.8) is 0 Å². The monoisotopic (exact) mass is 81.0 g/mol. The van der Waals surface area contributed by atoms with Gasteiger partial charge in [-0.15, -0.1) is 0 Å². The van der Waals surface area contributed by atoms with E-state index in [0.29, 0.717) is 12.4 Å². The molecule has 0 fully saturated rings. The van der Waals surface area contributed by atoms with Crippen LogP contribution in [0.4, 0.5) is 0 Å². The molecule has 0 unspecified atom stereocenters. The SMILES string of the molecule is [B]C1=NCCO1. The molecule has 0 saturated heterocycles. The zero-order chi connectivity index (χ0) is 4.41. The molecule has 1 rings (SSSR count). The van der Waals surface area contributed by atoms with Gasteiger partial charge in [-0.25, -0.2) is 0 Å². The van der Waals surface area contributed by atoms with E-state index in [1.807, 2.05) is 0 Å². The van der Waals surface area contributed by atoms with Gasteiger partial charge < -0.3 is 4.74 Å². The topological polar surface area (TPSA) is 21.6 Å². The molecular weight excluding hydrogens is 76.9 g/mol. The summed E-state index contributed by atoms with van der Waals surface area (Å²) in [5, 5.41) is 0. The van der Waals surface area contributed by atoms with Crippen LogP contribution < -0.4 is 0 Å². The minimum Gasteiger partial charge on any atom is -0.490 e. The van der Waals surface area contributed by atoms with Gasteiger partial charge >= 0.3 is 0 Å². The molecule has 0 aromatic heterocycles. The van der Waals surface area contributed by atoms with E-state index < -0.39 is 0 Å². The molecule has 0 aromatic carbocycles. The van der Waals surface area contributed by atoms with Crippen molar-refractivity contribution in [2.75, 3.05) is 13.2 Å². The summed E-state index contributed by atoms with van der Waals surface area (Å²) in [6.45, 7) is 1.39. The number of hydrogen-bond donors (Lipinski definition) is 0. The Bertz CT molecular complexity index is 80.9. The van der Waals surface area contributed by atoms with Crippen LogP contribution in [0.1, 0.15) is 0 Å². The van der Waals surface area contributed by atoms with Crippen LogP contribution in [0.15, 0.2) is 4.99 Å². The number of ether oxygens (including phenoxy) is 1. The summed E-state index contributed by atoms with van der Waals surface area (Å²) >= 11 is 0. The van der Waals surface area contributed by atoms with Crippen LogP contribution in [0.5, 0.6) is 0 Å². The van der Waals surface area contributed by atoms with E-state index in [-0.39, 0.29) is 0 Å². The van der Waals surface area contributed by atoms with Crippen molar-refractivity contribution in [1.29, 1.82) is 0 Å². The highest BCUT2D eigenvalue weighted by Crippen LogP contribution is 1.86. The maximum Gasteiger partial charge on any atom is 0.195 e. The highest BCUT2D eigenvalue weighted by Gasteiger charge is 1.95. The normalized spacial score (nSPS) is 19.7. The third-order valence-electron chi connectivity index (χ3n) is 0.609. The van der Waals surface area contributed by atoms with Gasteiger partial charge in [0.25, 0.3) is 0 Å². The molecule has 30 valence electrons. The van der Waals surface area contributed by atoms with E-state index in [1.54, 1.807) is 0 Å². The van der Waals surface area contributed by atoms with Crippen molar-refractivity contribution in [2.45, 2.75) is 0 Å². The summed E-state index contributed by atoms with van der Waals surface area (Å²) in [4.78, 5) is 3.71. The number of nitrogens with zero attached hydrogens (tertiary/aromatic N) is 1. The average molecular weight is 80.9 g/mol. The van der Waals surface area contributed by atoms with Crippen molar-refractivity contribution < 1.29 is 4.74 Å². The number of hydrogen-bond acceptors (Lipinski definition) is 2. The van der Waals surface area contributed by atoms with Gasteiger partial charge in [0.05, 0.1) is 6.54 Å². The smallest absolute Gasteiger partial charge is 0.195 e. The summed E-state index contributed by atoms with van der Waals surface area (Å²) in [5.74, 6) is 0.329. The van der Waals surface area contributed by atoms with Crippen LogP contribution in [-0.4, -0.2) is 26.8 Å². The Balaban J connectivity index is 2.45. The Morgan fingerprint density at radius 2 is 2.67 bits per heavy atom. The average Bonchev–Trinajstić information content (AvgIpc) is 1.86. The zero-order valence-electron chi connectivity index (χ0n) is 3.35. The summed E-state index contributed by atoms with van der Waals surface area (Å²) < 4.78 is 4.68. The molecule has 0 bridgehead atoms. The Morgan fingerprint density at radius 1 is 1.83 bits per heavy atom. The van der Waals surface area contributed by atoms with E-state index in [0.717, 1.165) is 6.54 Å². The third kappa shape index (κ3) is 0.532. The van der Waals surface area contributed by atoms with Gasteiger partial charge in [-0.1, -0.05) is 0 Å². The fraction of sp³-hybridized carbons (Fsp3) is 0.667. The first-order valence-corrected chi connectivity index (χ1v) is 1.82. The fourth-order valence-electron chi connectivity index (χ4n) is 0.352. The van der Waals surface area contributed by atoms with Gasteiger partial charge in [0.2, 0.25) is 0 Å². The zero-order valence-corrected chi connectivity index (χ0v) is 3.35. The molecule has 1 heterocycles. The minimum absolute atomic E-state index is 0.329. The lowest BCUT2D eigenvalue weighted by Gasteiger charge is -1.87. The first kappa shape index (κ1) is 3.72. The van der Waals surface area contributed by atoms with Crippen molar-refractivity contribution in [3.8, 4) is 0 Å². The molecule has 0 atom stereocenters. The van der Waals surface area contributed by atoms with E-state index in [9.17, 15) is 0 Å². The highest BCUT2D eigenvalue weighted by atomic mass is 16.5. The third-order valence-corrected chi connectivity index (χ3v) is 0.609. The van der Waals surface area contributed by atoms with Crippen molar-refractivity contribution in [3.05, 3.63) is 0 Å². The second-order valence-corrected chi connectivity index (χ2v) is 1.07. The molecule has 0 aliphatic carbocycles. The van der Waals surface area contributed by atoms with Gasteiger partial charge in [0, 0.05) is 0 Å². The molecule has 1 aliphatic heterocycles. The summed E-state index contributed by atoms with van der Waals surface area (Å²) in [7, 11) is 5.06. The second kappa shape index (κ2) is 1.33. The van der Waals surface area contributed by atoms with E-state index in [4.69, 9.17) is 7.85 Å². The van der Waals surface area contributed by atoms with Crippen LogP contribution >= 0.6 is 0 Å². The Kier molecular flexibility index (Phi) is 0.822. The van der Waals surface area contributed by atoms with E-state index >= 15 is 0 Å². The van der Waals surface area contributed by atoms with Gasteiger partial charge in [-0.2, -0.15) is 0 Å². The predicted octanol–water partition coefficient (Wildman–Crippen LogP) is -0.459. The molecule has 2 radical (unpaired) electrons. The highest BCUT2D eigenvalue weighted by molar-refractivity contribution is 6.57. The van der Waals surface area contributed by atoms with Gasteiger partial charge in [-0.05, 0) is 0 Å². The fourth-order valence-corrected chi connectivity index (χ4v) is 0.352. The second-order valence-electron chi connectivity index (χ2n) is 1.07. The lowest BCUT2D eigenvalue weighted by molar-refractivity contribution is 0.355. The van der Waals surface area contributed by atoms with Crippen molar-refractivity contribution in [2.24, 2.45) is 4.99 Å². The molecular formula is C3H4BNO. The van der Waals surface area contributed by atoms with Crippen LogP contribution in [0.2, 0.25) is 0 Å². The predicted molar refractivity (Wildman–Crippen MR) is 24.0 cm³/mol. The van der Waals surface area contributed by atoms with Crippen LogP contribution in [0.25, 0.3) is 0 Å². The summed E-state index contributed by atoms with van der Waals surface area (Å²) in [5.41, 5.74) is 0. The van der Waals surface area contributed by atoms with Crippen LogP contribution in [0, 0.1) is 0 Å². The van der Waals surface area contributed by atoms with Gasteiger partial charge in [0.1, 0.15) is 12.4 Å². The Labute approximate surface area is 37.6 Å². The molecule has 0 aromatic rings.